The molecule has 0 spiro atoms. The van der Waals surface area contributed by atoms with E-state index in [0.717, 1.165) is 0 Å². The molecule has 0 atom stereocenters. The minimum atomic E-state index is -0.526. The fraction of sp³-hybridized carbons (Fsp3) is 0.158. The smallest absolute Gasteiger partial charge is 0.239 e. The van der Waals surface area contributed by atoms with Crippen molar-refractivity contribution in [3.8, 4) is 0 Å². The molecule has 8 aromatic rings. The van der Waals surface area contributed by atoms with Crippen molar-refractivity contribution in [1.29, 1.82) is 0 Å². The Kier molecular flexibility index (Phi) is 12.0. The molecule has 0 amide bonds. The van der Waals surface area contributed by atoms with Gasteiger partial charge in [0.2, 0.25) is 25.3 Å². The van der Waals surface area contributed by atoms with Gasteiger partial charge in [0.05, 0.1) is 0 Å². The first-order valence-corrected chi connectivity index (χ1v) is 12.1. The summed E-state index contributed by atoms with van der Waals surface area (Å²) in [7, 11) is 0. The third kappa shape index (κ3) is 10.3. The van der Waals surface area contributed by atoms with Gasteiger partial charge in [-0.2, -0.15) is 20.9 Å². The van der Waals surface area contributed by atoms with Crippen LogP contribution >= 0.6 is 0 Å². The van der Waals surface area contributed by atoms with Gasteiger partial charge >= 0.3 is 0 Å². The minimum Gasteiger partial charge on any atom is -0.335 e. The Morgan fingerprint density at radius 1 is 0.465 bits per heavy atom. The Balaban J connectivity index is 0.000000168. The van der Waals surface area contributed by atoms with Crippen LogP contribution in [0.5, 0.6) is 0 Å². The second kappa shape index (κ2) is 17.7. The molecule has 24 nitrogen and oxygen atoms in total. The summed E-state index contributed by atoms with van der Waals surface area (Å²) < 4.78 is 0. The van der Waals surface area contributed by atoms with E-state index < -0.39 is 11.8 Å². The molecule has 43 heavy (non-hydrogen) atoms. The van der Waals surface area contributed by atoms with Crippen LogP contribution in [0.1, 0.15) is 41.6 Å². The zero-order valence-electron chi connectivity index (χ0n) is 21.9. The summed E-state index contributed by atoms with van der Waals surface area (Å²) >= 11 is 0. The Morgan fingerprint density at radius 3 is 0.884 bits per heavy atom. The van der Waals surface area contributed by atoms with Gasteiger partial charge < -0.3 is 20.4 Å². The van der Waals surface area contributed by atoms with Crippen LogP contribution in [-0.4, -0.2) is 82.0 Å². The van der Waals surface area contributed by atoms with E-state index in [2.05, 4.69) is 122 Å². The van der Waals surface area contributed by atoms with Gasteiger partial charge in [-0.3, -0.25) is 81.1 Å². The van der Waals surface area contributed by atoms with Crippen molar-refractivity contribution in [2.45, 2.75) is 18.3 Å². The largest absolute Gasteiger partial charge is 0.335 e. The van der Waals surface area contributed by atoms with Crippen LogP contribution < -0.4 is 40.3 Å². The van der Waals surface area contributed by atoms with Crippen molar-refractivity contribution in [3.63, 3.8) is 0 Å². The fourth-order valence-corrected chi connectivity index (χ4v) is 3.01. The van der Waals surface area contributed by atoms with E-state index in [-0.39, 0.29) is 6.42 Å². The maximum atomic E-state index is 3.84. The van der Waals surface area contributed by atoms with Crippen LogP contribution in [0.15, 0.2) is 74.9 Å². The Labute approximate surface area is 239 Å². The van der Waals surface area contributed by atoms with E-state index in [1.165, 1.54) is 0 Å². The number of aromatic amines is 8. The molecule has 0 unspecified atom stereocenters. The van der Waals surface area contributed by atoms with Crippen LogP contribution in [0.4, 0.5) is 0 Å². The van der Waals surface area contributed by atoms with Crippen LogP contribution in [0.2, 0.25) is 0 Å². The van der Waals surface area contributed by atoms with Crippen LogP contribution in [0, 0.1) is 0 Å². The first-order chi connectivity index (χ1) is 21.4. The van der Waals surface area contributed by atoms with E-state index >= 15 is 0 Å². The van der Waals surface area contributed by atoms with Crippen molar-refractivity contribution in [2.24, 2.45) is 0 Å². The van der Waals surface area contributed by atoms with Crippen molar-refractivity contribution >= 4 is 0 Å². The van der Waals surface area contributed by atoms with Crippen LogP contribution in [0.3, 0.4) is 0 Å². The highest BCUT2D eigenvalue weighted by Crippen LogP contribution is 2.31. The first kappa shape index (κ1) is 29.1. The second-order valence-corrected chi connectivity index (χ2v) is 7.53. The molecule has 8 aromatic heterocycles. The molecule has 0 aliphatic heterocycles. The van der Waals surface area contributed by atoms with Gasteiger partial charge in [0, 0.05) is 35.1 Å². The summed E-state index contributed by atoms with van der Waals surface area (Å²) in [4.78, 5) is 22.4. The number of nitrogens with one attached hydrogen (secondary N) is 8. The molecule has 0 bridgehead atoms. The lowest BCUT2D eigenvalue weighted by Gasteiger charge is -2.24. The highest BCUT2D eigenvalue weighted by Gasteiger charge is 2.22. The number of rotatable bonds is 6. The molecule has 8 heterocycles. The summed E-state index contributed by atoms with van der Waals surface area (Å²) in [5.74, 6) is 0.132. The van der Waals surface area contributed by atoms with Crippen LogP contribution in [-0.2, 0) is 0 Å². The van der Waals surface area contributed by atoms with Crippen LogP contribution in [0.25, 0.3) is 0 Å². The number of hydrogen-bond acceptors (Lipinski definition) is 12. The molecular formula is C19H24N24. The minimum absolute atomic E-state index is 0.279. The lowest BCUT2D eigenvalue weighted by atomic mass is 9.92. The highest BCUT2D eigenvalue weighted by atomic mass is 15.5. The normalized spacial score (nSPS) is 9.91. The number of H-pyrrole nitrogens is 8. The standard InChI is InChI=1S/C7H4N16.4C3H4N2/c1(2(4-8-16-17-9-4)5-10-18-19-11-5)3(6-12-20-21-13-6)7-14-22-23-15-7;4*1-2-5-3-4-1/h2-3H,1H2;4*1-3H,(H,4,5)/q-4;;;;/p+4. The van der Waals surface area contributed by atoms with E-state index in [9.17, 15) is 0 Å². The van der Waals surface area contributed by atoms with Crippen molar-refractivity contribution in [1.82, 2.24) is 102 Å². The third-order valence-corrected chi connectivity index (χ3v) is 4.83. The van der Waals surface area contributed by atoms with E-state index in [1.807, 2.05) is 49.6 Å². The Bertz CT molecular complexity index is 1260. The predicted octanol–water partition coefficient (Wildman–Crippen LogP) is -5.08. The highest BCUT2D eigenvalue weighted by molar-refractivity contribution is 5.14. The quantitative estimate of drug-likeness (QED) is 0.141. The van der Waals surface area contributed by atoms with Gasteiger partial charge in [-0.1, -0.05) is 0 Å². The summed E-state index contributed by atoms with van der Waals surface area (Å²) in [6.45, 7) is 0. The lowest BCUT2D eigenvalue weighted by Crippen LogP contribution is -2.16. The van der Waals surface area contributed by atoms with Gasteiger partial charge in [-0.05, 0) is 6.42 Å². The Hall–Kier alpha value is -6.88. The van der Waals surface area contributed by atoms with E-state index in [4.69, 9.17) is 0 Å². The predicted molar refractivity (Wildman–Crippen MR) is 130 cm³/mol. The molecule has 0 saturated heterocycles. The van der Waals surface area contributed by atoms with Gasteiger partial charge in [-0.25, -0.2) is 0 Å². The lowest BCUT2D eigenvalue weighted by molar-refractivity contribution is -0.376. The van der Waals surface area contributed by atoms with Crippen molar-refractivity contribution < 1.29 is 19.9 Å². The van der Waals surface area contributed by atoms with Crippen molar-refractivity contribution in [2.75, 3.05) is 0 Å². The van der Waals surface area contributed by atoms with Gasteiger partial charge in [-0.15, -0.1) is 0 Å². The molecule has 0 fully saturated rings. The molecule has 0 radical (unpaired) electrons. The second-order valence-electron chi connectivity index (χ2n) is 7.53. The first-order valence-electron chi connectivity index (χ1n) is 12.1. The molecule has 220 valence electrons. The average molecular weight is 589 g/mol. The van der Waals surface area contributed by atoms with E-state index in [0.29, 0.717) is 23.3 Å². The molecule has 0 saturated carbocycles. The molecule has 0 aliphatic rings. The summed E-state index contributed by atoms with van der Waals surface area (Å²) in [6.07, 6.45) is 21.8. The summed E-state index contributed by atoms with van der Waals surface area (Å²) in [5, 5.41) is 58.4. The number of tetrazole rings is 4. The Morgan fingerprint density at radius 2 is 0.744 bits per heavy atom. The van der Waals surface area contributed by atoms with Crippen molar-refractivity contribution in [3.05, 3.63) is 98.2 Å². The van der Waals surface area contributed by atoms with E-state index in [1.54, 1.807) is 25.3 Å². The number of imidazole rings is 4. The molecule has 0 aliphatic carbocycles. The zero-order valence-corrected chi connectivity index (χ0v) is 21.9. The maximum Gasteiger partial charge on any atom is 0.239 e. The third-order valence-electron chi connectivity index (χ3n) is 4.83. The average Bonchev–Trinajstić information content (AvgIpc) is 3.95. The summed E-state index contributed by atoms with van der Waals surface area (Å²) in [5.41, 5.74) is 0. The molecule has 8 N–H and O–H groups in total. The van der Waals surface area contributed by atoms with Gasteiger partial charge in [0.1, 0.15) is 49.6 Å². The zero-order chi connectivity index (χ0) is 29.6. The molecule has 24 heteroatoms. The fourth-order valence-electron chi connectivity index (χ4n) is 3.01. The number of nitrogens with zero attached hydrogens (tertiary/aromatic N) is 16. The van der Waals surface area contributed by atoms with Gasteiger partial charge in [0.15, 0.2) is 0 Å². The molecular weight excluding hydrogens is 564 g/mol. The topological polar surface area (TPSA) is 331 Å². The SMILES string of the molecule is C(C(c1nnn[n-]1)c1nnn[n-]1)C(c1nnn[n-]1)c1nnn[n-]1.c1c[nH+]c[nH]1.c1c[nH+]c[nH]1.c1c[nH+]c[nH]1.c1c[nH+]c[nH]1. The molecule has 0 aromatic carbocycles. The maximum absolute atomic E-state index is 3.84. The number of hydrogen-bond donors (Lipinski definition) is 4. The van der Waals surface area contributed by atoms with Gasteiger partial charge in [0.25, 0.3) is 0 Å². The number of aromatic nitrogens is 24. The summed E-state index contributed by atoms with van der Waals surface area (Å²) in [6, 6.07) is 0. The molecule has 8 rings (SSSR count). The monoisotopic (exact) mass is 588 g/mol.